The Morgan fingerprint density at radius 2 is 1.94 bits per heavy atom. The van der Waals surface area contributed by atoms with Crippen molar-refractivity contribution in [1.29, 1.82) is 0 Å². The van der Waals surface area contributed by atoms with Crippen molar-refractivity contribution in [3.05, 3.63) is 65.0 Å². The second-order valence-corrected chi connectivity index (χ2v) is 9.51. The standard InChI is InChI=1S/C23H19F3N2OS2/c1-4-14-16(23(24,25)26)12-17-19(20(14)29)28(3)21(27-17)15-11-18(31-22(15)30-5-2)13-9-7-6-8-10-13/h4,6-12H,5H2,1-3H3/b14-4+. The minimum atomic E-state index is -4.63. The largest absolute Gasteiger partial charge is 0.417 e. The average Bonchev–Trinajstić information content (AvgIpc) is 3.29. The molecule has 3 nitrogen and oxygen atoms in total. The fourth-order valence-corrected chi connectivity index (χ4v) is 5.95. The molecule has 0 radical (unpaired) electrons. The highest BCUT2D eigenvalue weighted by molar-refractivity contribution is 8.01. The zero-order chi connectivity index (χ0) is 22.3. The van der Waals surface area contributed by atoms with Crippen LogP contribution in [0, 0.1) is 0 Å². The summed E-state index contributed by atoms with van der Waals surface area (Å²) in [5, 5.41) is 0. The molecule has 0 unspecified atom stereocenters. The Morgan fingerprint density at radius 1 is 1.23 bits per heavy atom. The number of aromatic nitrogens is 2. The molecule has 160 valence electrons. The molecule has 8 heteroatoms. The minimum absolute atomic E-state index is 0.0559. The Labute approximate surface area is 186 Å². The molecular formula is C23H19F3N2OS2. The molecule has 0 bridgehead atoms. The summed E-state index contributed by atoms with van der Waals surface area (Å²) in [6.45, 7) is 3.48. The van der Waals surface area contributed by atoms with Crippen LogP contribution in [0.2, 0.25) is 0 Å². The van der Waals surface area contributed by atoms with Gasteiger partial charge in [0.15, 0.2) is 0 Å². The molecule has 0 aliphatic heterocycles. The Kier molecular flexibility index (Phi) is 5.70. The lowest BCUT2D eigenvalue weighted by Crippen LogP contribution is -2.23. The van der Waals surface area contributed by atoms with Crippen LogP contribution in [0.15, 0.2) is 57.8 Å². The van der Waals surface area contributed by atoms with Crippen molar-refractivity contribution in [2.75, 3.05) is 5.75 Å². The Balaban J connectivity index is 1.90. The molecule has 1 aliphatic carbocycles. The van der Waals surface area contributed by atoms with E-state index in [2.05, 4.69) is 4.98 Å². The van der Waals surface area contributed by atoms with Crippen molar-refractivity contribution >= 4 is 35.0 Å². The smallest absolute Gasteiger partial charge is 0.324 e. The van der Waals surface area contributed by atoms with Gasteiger partial charge in [-0.1, -0.05) is 43.3 Å². The molecule has 4 rings (SSSR count). The van der Waals surface area contributed by atoms with Crippen LogP contribution in [0.5, 0.6) is 0 Å². The molecule has 0 amide bonds. The summed E-state index contributed by atoms with van der Waals surface area (Å²) in [7, 11) is 1.68. The van der Waals surface area contributed by atoms with E-state index >= 15 is 0 Å². The van der Waals surface area contributed by atoms with Gasteiger partial charge in [-0.05, 0) is 30.4 Å². The lowest BCUT2D eigenvalue weighted by atomic mass is 9.92. The monoisotopic (exact) mass is 460 g/mol. The highest BCUT2D eigenvalue weighted by atomic mass is 32.2. The van der Waals surface area contributed by atoms with E-state index in [1.54, 1.807) is 34.7 Å². The summed E-state index contributed by atoms with van der Waals surface area (Å²) in [4.78, 5) is 18.5. The van der Waals surface area contributed by atoms with Crippen LogP contribution < -0.4 is 0 Å². The molecule has 3 aromatic rings. The van der Waals surface area contributed by atoms with Crippen LogP contribution in [0.3, 0.4) is 0 Å². The van der Waals surface area contributed by atoms with Gasteiger partial charge in [0.2, 0.25) is 5.78 Å². The number of thiophene rings is 1. The van der Waals surface area contributed by atoms with Crippen LogP contribution >= 0.6 is 23.1 Å². The first-order chi connectivity index (χ1) is 14.8. The zero-order valence-electron chi connectivity index (χ0n) is 17.1. The van der Waals surface area contributed by atoms with E-state index in [1.807, 2.05) is 43.3 Å². The minimum Gasteiger partial charge on any atom is -0.324 e. The number of ketones is 1. The highest BCUT2D eigenvalue weighted by Gasteiger charge is 2.42. The van der Waals surface area contributed by atoms with E-state index in [0.29, 0.717) is 5.82 Å². The molecule has 2 aromatic heterocycles. The van der Waals surface area contributed by atoms with Crippen LogP contribution in [0.1, 0.15) is 30.0 Å². The van der Waals surface area contributed by atoms with Crippen LogP contribution in [0.4, 0.5) is 13.2 Å². The van der Waals surface area contributed by atoms with Gasteiger partial charge in [0, 0.05) is 23.1 Å². The number of halogens is 3. The van der Waals surface area contributed by atoms with Crippen LogP contribution in [0.25, 0.3) is 27.9 Å². The van der Waals surface area contributed by atoms with E-state index in [0.717, 1.165) is 32.0 Å². The molecule has 0 N–H and O–H groups in total. The van der Waals surface area contributed by atoms with E-state index in [4.69, 9.17) is 0 Å². The number of alkyl halides is 3. The predicted molar refractivity (Wildman–Crippen MR) is 120 cm³/mol. The Bertz CT molecular complexity index is 1220. The van der Waals surface area contributed by atoms with Crippen molar-refractivity contribution in [2.45, 2.75) is 24.2 Å². The van der Waals surface area contributed by atoms with Gasteiger partial charge in [0.1, 0.15) is 11.5 Å². The predicted octanol–water partition coefficient (Wildman–Crippen LogP) is 7.02. The van der Waals surface area contributed by atoms with E-state index in [9.17, 15) is 18.0 Å². The quantitative estimate of drug-likeness (QED) is 0.310. The number of imidazole rings is 1. The molecule has 0 atom stereocenters. The molecule has 31 heavy (non-hydrogen) atoms. The maximum atomic E-state index is 13.5. The number of benzene rings is 1. The van der Waals surface area contributed by atoms with Gasteiger partial charge in [-0.3, -0.25) is 4.79 Å². The summed E-state index contributed by atoms with van der Waals surface area (Å²) in [5.74, 6) is 0.672. The van der Waals surface area contributed by atoms with Gasteiger partial charge in [-0.25, -0.2) is 4.98 Å². The number of rotatable bonds is 4. The van der Waals surface area contributed by atoms with Crippen LogP contribution in [-0.4, -0.2) is 27.3 Å². The van der Waals surface area contributed by atoms with Gasteiger partial charge in [0.25, 0.3) is 0 Å². The molecule has 2 heterocycles. The zero-order valence-corrected chi connectivity index (χ0v) is 18.7. The van der Waals surface area contributed by atoms with Crippen molar-refractivity contribution in [1.82, 2.24) is 9.55 Å². The van der Waals surface area contributed by atoms with Gasteiger partial charge in [-0.15, -0.1) is 23.1 Å². The molecule has 0 saturated heterocycles. The number of carbonyl (C=O) groups is 1. The topological polar surface area (TPSA) is 34.9 Å². The van der Waals surface area contributed by atoms with E-state index in [1.165, 1.54) is 13.0 Å². The molecule has 0 fully saturated rings. The third-order valence-electron chi connectivity index (χ3n) is 5.02. The number of carbonyl (C=O) groups excluding carboxylic acids is 1. The van der Waals surface area contributed by atoms with Gasteiger partial charge < -0.3 is 4.57 Å². The van der Waals surface area contributed by atoms with Gasteiger partial charge in [-0.2, -0.15) is 13.2 Å². The first kappa shape index (κ1) is 21.6. The summed E-state index contributed by atoms with van der Waals surface area (Å²) < 4.78 is 43.2. The number of allylic oxidation sites excluding steroid dienone is 3. The van der Waals surface area contributed by atoms with Gasteiger partial charge >= 0.3 is 6.18 Å². The fourth-order valence-electron chi connectivity index (χ4n) is 3.63. The van der Waals surface area contributed by atoms with E-state index < -0.39 is 17.5 Å². The third-order valence-corrected chi connectivity index (χ3v) is 7.37. The molecule has 1 aliphatic rings. The maximum absolute atomic E-state index is 13.5. The maximum Gasteiger partial charge on any atom is 0.417 e. The lowest BCUT2D eigenvalue weighted by molar-refractivity contribution is -0.0883. The normalized spacial score (nSPS) is 15.4. The first-order valence-corrected chi connectivity index (χ1v) is 11.5. The Hall–Kier alpha value is -2.58. The number of thioether (sulfide) groups is 1. The fraction of sp³-hybridized carbons (Fsp3) is 0.217. The molecule has 0 saturated carbocycles. The Morgan fingerprint density at radius 3 is 2.55 bits per heavy atom. The molecule has 0 spiro atoms. The summed E-state index contributed by atoms with van der Waals surface area (Å²) in [6, 6.07) is 11.9. The number of Topliss-reactive ketones (excluding diaryl/α,β-unsaturated/α-hetero) is 1. The SMILES string of the molecule is C/C=C1/C(=O)c2c(nc(-c3cc(-c4ccccc4)sc3SCC)n2C)C=C1C(F)(F)F. The number of fused-ring (bicyclic) bond motifs is 1. The molecular weight excluding hydrogens is 441 g/mol. The van der Waals surface area contributed by atoms with Crippen molar-refractivity contribution < 1.29 is 18.0 Å². The number of nitrogens with zero attached hydrogens (tertiary/aromatic N) is 2. The lowest BCUT2D eigenvalue weighted by Gasteiger charge is -2.18. The second-order valence-electron chi connectivity index (χ2n) is 6.93. The number of hydrogen-bond donors (Lipinski definition) is 0. The van der Waals surface area contributed by atoms with Crippen molar-refractivity contribution in [2.24, 2.45) is 7.05 Å². The third kappa shape index (κ3) is 3.78. The number of hydrogen-bond acceptors (Lipinski definition) is 4. The second kappa shape index (κ2) is 8.16. The van der Waals surface area contributed by atoms with Crippen LogP contribution in [-0.2, 0) is 7.05 Å². The summed E-state index contributed by atoms with van der Waals surface area (Å²) in [6.07, 6.45) is -2.43. The summed E-state index contributed by atoms with van der Waals surface area (Å²) in [5.41, 5.74) is 0.826. The van der Waals surface area contributed by atoms with Crippen molar-refractivity contribution in [3.63, 3.8) is 0 Å². The average molecular weight is 461 g/mol. The summed E-state index contributed by atoms with van der Waals surface area (Å²) >= 11 is 3.27. The van der Waals surface area contributed by atoms with Gasteiger partial charge in [0.05, 0.1) is 15.5 Å². The van der Waals surface area contributed by atoms with Crippen molar-refractivity contribution in [3.8, 4) is 21.8 Å². The van der Waals surface area contributed by atoms with E-state index in [-0.39, 0.29) is 17.0 Å². The highest BCUT2D eigenvalue weighted by Crippen LogP contribution is 2.44. The molecule has 1 aromatic carbocycles. The first-order valence-electron chi connectivity index (χ1n) is 9.65.